The Morgan fingerprint density at radius 1 is 1.44 bits per heavy atom. The van der Waals surface area contributed by atoms with E-state index in [-0.39, 0.29) is 12.4 Å². The second kappa shape index (κ2) is 6.50. The standard InChI is InChI=1S/C10H11BrN4.ClH/c11-9-4-2-1-3-8(9)7-14-15-10-12-5-6-13-10;/h1-4,7H,5-6H2,(H2,12,13,15);1H/b14-7+;. The van der Waals surface area contributed by atoms with E-state index in [1.54, 1.807) is 6.21 Å². The molecule has 0 atom stereocenters. The molecule has 0 aliphatic carbocycles. The second-order valence-corrected chi connectivity index (χ2v) is 3.90. The molecule has 2 rings (SSSR count). The van der Waals surface area contributed by atoms with Gasteiger partial charge in [-0.2, -0.15) is 5.10 Å². The largest absolute Gasteiger partial charge is 0.353 e. The Morgan fingerprint density at radius 3 is 2.94 bits per heavy atom. The van der Waals surface area contributed by atoms with Crippen LogP contribution in [0.2, 0.25) is 0 Å². The van der Waals surface area contributed by atoms with Gasteiger partial charge in [-0.3, -0.25) is 0 Å². The monoisotopic (exact) mass is 302 g/mol. The third-order valence-electron chi connectivity index (χ3n) is 1.95. The van der Waals surface area contributed by atoms with Crippen LogP contribution in [-0.4, -0.2) is 25.3 Å². The first-order valence-corrected chi connectivity index (χ1v) is 5.47. The summed E-state index contributed by atoms with van der Waals surface area (Å²) in [6.07, 6.45) is 1.76. The van der Waals surface area contributed by atoms with Crippen LogP contribution in [-0.2, 0) is 0 Å². The molecule has 86 valence electrons. The summed E-state index contributed by atoms with van der Waals surface area (Å²) < 4.78 is 1.02. The lowest BCUT2D eigenvalue weighted by molar-refractivity contribution is 0.920. The molecule has 0 saturated heterocycles. The summed E-state index contributed by atoms with van der Waals surface area (Å²) in [6.45, 7) is 1.69. The van der Waals surface area contributed by atoms with Crippen molar-refractivity contribution >= 4 is 40.5 Å². The lowest BCUT2D eigenvalue weighted by atomic mass is 10.2. The molecule has 2 N–H and O–H groups in total. The van der Waals surface area contributed by atoms with Crippen LogP contribution in [0.15, 0.2) is 38.8 Å². The van der Waals surface area contributed by atoms with Crippen molar-refractivity contribution in [2.75, 3.05) is 13.1 Å². The predicted molar refractivity (Wildman–Crippen MR) is 72.4 cm³/mol. The number of aliphatic imine (C=N–C) groups is 1. The topological polar surface area (TPSA) is 48.8 Å². The van der Waals surface area contributed by atoms with Crippen molar-refractivity contribution in [3.63, 3.8) is 0 Å². The van der Waals surface area contributed by atoms with Crippen molar-refractivity contribution < 1.29 is 0 Å². The zero-order valence-electron chi connectivity index (χ0n) is 8.48. The van der Waals surface area contributed by atoms with Crippen LogP contribution in [0.4, 0.5) is 0 Å². The maximum Gasteiger partial charge on any atom is 0.212 e. The predicted octanol–water partition coefficient (Wildman–Crippen LogP) is 1.75. The third kappa shape index (κ3) is 3.50. The van der Waals surface area contributed by atoms with Gasteiger partial charge in [0.05, 0.1) is 12.8 Å². The molecular formula is C10H12BrClN4. The molecule has 1 aromatic rings. The summed E-state index contributed by atoms with van der Waals surface area (Å²) in [7, 11) is 0. The van der Waals surface area contributed by atoms with Crippen molar-refractivity contribution in [3.8, 4) is 0 Å². The zero-order valence-corrected chi connectivity index (χ0v) is 10.9. The van der Waals surface area contributed by atoms with Crippen LogP contribution in [0.25, 0.3) is 0 Å². The van der Waals surface area contributed by atoms with Gasteiger partial charge in [0.1, 0.15) is 0 Å². The first-order chi connectivity index (χ1) is 7.36. The highest BCUT2D eigenvalue weighted by molar-refractivity contribution is 9.10. The van der Waals surface area contributed by atoms with Crippen molar-refractivity contribution in [2.45, 2.75) is 0 Å². The van der Waals surface area contributed by atoms with Crippen molar-refractivity contribution in [1.82, 2.24) is 10.7 Å². The first-order valence-electron chi connectivity index (χ1n) is 4.68. The number of nitrogens with one attached hydrogen (secondary N) is 2. The van der Waals surface area contributed by atoms with Gasteiger partial charge in [0.2, 0.25) is 5.96 Å². The molecule has 16 heavy (non-hydrogen) atoms. The number of halogens is 2. The van der Waals surface area contributed by atoms with Gasteiger partial charge in [-0.1, -0.05) is 34.1 Å². The number of benzene rings is 1. The molecule has 0 radical (unpaired) electrons. The van der Waals surface area contributed by atoms with E-state index in [9.17, 15) is 0 Å². The van der Waals surface area contributed by atoms with E-state index in [4.69, 9.17) is 0 Å². The van der Waals surface area contributed by atoms with Crippen LogP contribution in [0.3, 0.4) is 0 Å². The molecular weight excluding hydrogens is 291 g/mol. The van der Waals surface area contributed by atoms with Crippen LogP contribution >= 0.6 is 28.3 Å². The van der Waals surface area contributed by atoms with Gasteiger partial charge in [0.25, 0.3) is 0 Å². The Bertz CT molecular complexity index is 406. The van der Waals surface area contributed by atoms with Gasteiger partial charge < -0.3 is 5.32 Å². The Kier molecular flexibility index (Phi) is 5.28. The minimum atomic E-state index is 0. The molecule has 0 unspecified atom stereocenters. The van der Waals surface area contributed by atoms with E-state index < -0.39 is 0 Å². The highest BCUT2D eigenvalue weighted by Crippen LogP contribution is 2.13. The number of rotatable bonds is 2. The van der Waals surface area contributed by atoms with Gasteiger partial charge in [0.15, 0.2) is 0 Å². The molecule has 0 bridgehead atoms. The quantitative estimate of drug-likeness (QED) is 0.646. The smallest absolute Gasteiger partial charge is 0.212 e. The van der Waals surface area contributed by atoms with Gasteiger partial charge in [0, 0.05) is 16.6 Å². The van der Waals surface area contributed by atoms with Crippen LogP contribution < -0.4 is 10.7 Å². The average molecular weight is 304 g/mol. The maximum atomic E-state index is 4.16. The molecule has 1 aromatic carbocycles. The Balaban J connectivity index is 0.00000128. The number of nitrogens with zero attached hydrogens (tertiary/aromatic N) is 2. The Hall–Kier alpha value is -1.07. The van der Waals surface area contributed by atoms with E-state index in [1.165, 1.54) is 0 Å². The summed E-state index contributed by atoms with van der Waals surface area (Å²) in [5, 5.41) is 7.16. The SMILES string of the molecule is Brc1ccccc1/C=N/NC1=NCCN1.Cl. The molecule has 0 saturated carbocycles. The number of hydrazone groups is 1. The fourth-order valence-electron chi connectivity index (χ4n) is 1.22. The highest BCUT2D eigenvalue weighted by atomic mass is 79.9. The second-order valence-electron chi connectivity index (χ2n) is 3.05. The van der Waals surface area contributed by atoms with Crippen LogP contribution in [0.1, 0.15) is 5.56 Å². The van der Waals surface area contributed by atoms with E-state index in [0.29, 0.717) is 0 Å². The van der Waals surface area contributed by atoms with Crippen molar-refractivity contribution in [3.05, 3.63) is 34.3 Å². The highest BCUT2D eigenvalue weighted by Gasteiger charge is 2.01. The van der Waals surface area contributed by atoms with E-state index in [1.807, 2.05) is 24.3 Å². The lowest BCUT2D eigenvalue weighted by Gasteiger charge is -2.00. The van der Waals surface area contributed by atoms with Crippen molar-refractivity contribution in [1.29, 1.82) is 0 Å². The van der Waals surface area contributed by atoms with Crippen LogP contribution in [0.5, 0.6) is 0 Å². The molecule has 6 heteroatoms. The Labute approximate surface area is 109 Å². The summed E-state index contributed by atoms with van der Waals surface area (Å²) in [6, 6.07) is 7.90. The average Bonchev–Trinajstić information content (AvgIpc) is 2.74. The van der Waals surface area contributed by atoms with Gasteiger partial charge in [-0.25, -0.2) is 10.4 Å². The Morgan fingerprint density at radius 2 is 2.25 bits per heavy atom. The molecule has 4 nitrogen and oxygen atoms in total. The molecule has 1 aliphatic heterocycles. The molecule has 0 amide bonds. The fourth-order valence-corrected chi connectivity index (χ4v) is 1.60. The summed E-state index contributed by atoms with van der Waals surface area (Å²) in [5.41, 5.74) is 3.88. The molecule has 0 aromatic heterocycles. The zero-order chi connectivity index (χ0) is 10.5. The van der Waals surface area contributed by atoms with Gasteiger partial charge in [-0.15, -0.1) is 12.4 Å². The maximum absolute atomic E-state index is 4.16. The molecule has 0 spiro atoms. The normalized spacial score (nSPS) is 14.2. The van der Waals surface area contributed by atoms with Crippen molar-refractivity contribution in [2.24, 2.45) is 10.1 Å². The van der Waals surface area contributed by atoms with Gasteiger partial charge in [-0.05, 0) is 6.07 Å². The number of hydrogen-bond acceptors (Lipinski definition) is 4. The lowest BCUT2D eigenvalue weighted by Crippen LogP contribution is -2.30. The summed E-state index contributed by atoms with van der Waals surface area (Å²) in [4.78, 5) is 4.16. The van der Waals surface area contributed by atoms with E-state index in [2.05, 4.69) is 36.8 Å². The summed E-state index contributed by atoms with van der Waals surface area (Å²) >= 11 is 3.45. The third-order valence-corrected chi connectivity index (χ3v) is 2.68. The van der Waals surface area contributed by atoms with Crippen LogP contribution in [0, 0.1) is 0 Å². The summed E-state index contributed by atoms with van der Waals surface area (Å²) in [5.74, 6) is 0.735. The minimum absolute atomic E-state index is 0. The molecule has 1 heterocycles. The molecule has 0 fully saturated rings. The van der Waals surface area contributed by atoms with Gasteiger partial charge >= 0.3 is 0 Å². The van der Waals surface area contributed by atoms with E-state index >= 15 is 0 Å². The number of guanidine groups is 1. The number of hydrogen-bond donors (Lipinski definition) is 2. The fraction of sp³-hybridized carbons (Fsp3) is 0.200. The van der Waals surface area contributed by atoms with E-state index in [0.717, 1.165) is 29.1 Å². The minimum Gasteiger partial charge on any atom is -0.353 e. The molecule has 1 aliphatic rings. The first kappa shape index (κ1) is 13.0.